The molecule has 0 aliphatic rings. The van der Waals surface area contributed by atoms with E-state index >= 15 is 0 Å². The molecule has 0 atom stereocenters. The topological polar surface area (TPSA) is 47.6 Å². The first-order valence-corrected chi connectivity index (χ1v) is 7.86. The predicted octanol–water partition coefficient (Wildman–Crippen LogP) is 3.60. The summed E-state index contributed by atoms with van der Waals surface area (Å²) < 4.78 is 11.0. The van der Waals surface area contributed by atoms with E-state index in [4.69, 9.17) is 9.47 Å². The molecular formula is C15H22BrNO3. The van der Waals surface area contributed by atoms with Gasteiger partial charge in [-0.1, -0.05) is 22.9 Å². The van der Waals surface area contributed by atoms with Gasteiger partial charge in [-0.15, -0.1) is 0 Å². The summed E-state index contributed by atoms with van der Waals surface area (Å²) in [6, 6.07) is 7.30. The van der Waals surface area contributed by atoms with Gasteiger partial charge in [0.15, 0.2) is 0 Å². The first kappa shape index (κ1) is 17.0. The monoisotopic (exact) mass is 343 g/mol. The van der Waals surface area contributed by atoms with Gasteiger partial charge in [-0.05, 0) is 44.5 Å². The van der Waals surface area contributed by atoms with Gasteiger partial charge in [0.1, 0.15) is 11.4 Å². The summed E-state index contributed by atoms with van der Waals surface area (Å²) >= 11 is 3.30. The largest absolute Gasteiger partial charge is 0.493 e. The smallest absolute Gasteiger partial charge is 0.256 e. The summed E-state index contributed by atoms with van der Waals surface area (Å²) in [5, 5.41) is 3.63. The van der Waals surface area contributed by atoms with Crippen molar-refractivity contribution in [2.45, 2.75) is 32.8 Å². The number of nitrogens with one attached hydrogen (secondary N) is 1. The lowest BCUT2D eigenvalue weighted by Crippen LogP contribution is -2.40. The maximum atomic E-state index is 12.1. The van der Waals surface area contributed by atoms with Crippen LogP contribution in [0.15, 0.2) is 24.3 Å². The standard InChI is InChI=1S/C15H22BrNO3/c1-4-10-20-15(2,3)14(18)17-12-5-7-13(8-6-12)19-11-9-16/h5-8H,4,9-11H2,1-3H3,(H,17,18). The Labute approximate surface area is 129 Å². The van der Waals surface area contributed by atoms with E-state index in [1.54, 1.807) is 13.8 Å². The molecule has 1 aromatic carbocycles. The van der Waals surface area contributed by atoms with E-state index < -0.39 is 5.60 Å². The van der Waals surface area contributed by atoms with Crippen LogP contribution in [0.25, 0.3) is 0 Å². The summed E-state index contributed by atoms with van der Waals surface area (Å²) in [7, 11) is 0. The van der Waals surface area contributed by atoms with Gasteiger partial charge in [-0.25, -0.2) is 0 Å². The van der Waals surface area contributed by atoms with Crippen molar-refractivity contribution in [2.75, 3.05) is 23.9 Å². The van der Waals surface area contributed by atoms with Crippen molar-refractivity contribution in [2.24, 2.45) is 0 Å². The Balaban J connectivity index is 2.57. The molecule has 0 heterocycles. The molecule has 20 heavy (non-hydrogen) atoms. The summed E-state index contributed by atoms with van der Waals surface area (Å²) in [6.45, 7) is 6.74. The van der Waals surface area contributed by atoms with Gasteiger partial charge in [-0.3, -0.25) is 4.79 Å². The molecule has 0 aliphatic carbocycles. The zero-order valence-electron chi connectivity index (χ0n) is 12.2. The number of benzene rings is 1. The van der Waals surface area contributed by atoms with Gasteiger partial charge in [0.05, 0.1) is 6.61 Å². The highest BCUT2D eigenvalue weighted by Crippen LogP contribution is 2.18. The Hall–Kier alpha value is -1.07. The molecule has 0 saturated heterocycles. The second kappa shape index (κ2) is 8.27. The molecule has 0 spiro atoms. The van der Waals surface area contributed by atoms with Crippen molar-refractivity contribution in [1.82, 2.24) is 0 Å². The summed E-state index contributed by atoms with van der Waals surface area (Å²) in [5.41, 5.74) is -0.101. The van der Waals surface area contributed by atoms with E-state index in [1.807, 2.05) is 31.2 Å². The molecule has 1 rings (SSSR count). The Morgan fingerprint density at radius 2 is 1.90 bits per heavy atom. The Morgan fingerprint density at radius 1 is 1.25 bits per heavy atom. The lowest BCUT2D eigenvalue weighted by molar-refractivity contribution is -0.137. The minimum Gasteiger partial charge on any atom is -0.493 e. The van der Waals surface area contributed by atoms with E-state index in [-0.39, 0.29) is 5.91 Å². The Morgan fingerprint density at radius 3 is 2.45 bits per heavy atom. The van der Waals surface area contributed by atoms with Crippen molar-refractivity contribution < 1.29 is 14.3 Å². The van der Waals surface area contributed by atoms with Gasteiger partial charge < -0.3 is 14.8 Å². The molecule has 0 aliphatic heterocycles. The lowest BCUT2D eigenvalue weighted by atomic mass is 10.1. The average molecular weight is 344 g/mol. The third-order valence-corrected chi connectivity index (χ3v) is 3.00. The highest BCUT2D eigenvalue weighted by Gasteiger charge is 2.28. The number of hydrogen-bond donors (Lipinski definition) is 1. The molecule has 5 heteroatoms. The van der Waals surface area contributed by atoms with E-state index in [2.05, 4.69) is 21.2 Å². The number of carbonyl (C=O) groups excluding carboxylic acids is 1. The van der Waals surface area contributed by atoms with E-state index in [9.17, 15) is 4.79 Å². The van der Waals surface area contributed by atoms with Crippen molar-refractivity contribution >= 4 is 27.5 Å². The lowest BCUT2D eigenvalue weighted by Gasteiger charge is -2.24. The van der Waals surface area contributed by atoms with Crippen molar-refractivity contribution in [3.63, 3.8) is 0 Å². The predicted molar refractivity (Wildman–Crippen MR) is 84.7 cm³/mol. The SMILES string of the molecule is CCCOC(C)(C)C(=O)Nc1ccc(OCCBr)cc1. The first-order chi connectivity index (χ1) is 9.49. The number of hydrogen-bond acceptors (Lipinski definition) is 3. The minimum atomic E-state index is -0.832. The maximum Gasteiger partial charge on any atom is 0.256 e. The molecule has 1 aromatic rings. The Kier molecular flexibility index (Phi) is 7.02. The van der Waals surface area contributed by atoms with Gasteiger partial charge in [0, 0.05) is 17.6 Å². The van der Waals surface area contributed by atoms with Crippen molar-refractivity contribution in [3.8, 4) is 5.75 Å². The fourth-order valence-corrected chi connectivity index (χ4v) is 1.66. The third kappa shape index (κ3) is 5.51. The number of rotatable bonds is 8. The Bertz CT molecular complexity index is 418. The number of halogens is 1. The van der Waals surface area contributed by atoms with Crippen molar-refractivity contribution in [3.05, 3.63) is 24.3 Å². The number of alkyl halides is 1. The fraction of sp³-hybridized carbons (Fsp3) is 0.533. The van der Waals surface area contributed by atoms with Crippen LogP contribution in [0, 0.1) is 0 Å². The van der Waals surface area contributed by atoms with E-state index in [1.165, 1.54) is 0 Å². The highest BCUT2D eigenvalue weighted by atomic mass is 79.9. The zero-order chi connectivity index (χ0) is 15.0. The molecular weight excluding hydrogens is 322 g/mol. The summed E-state index contributed by atoms with van der Waals surface area (Å²) in [4.78, 5) is 12.1. The fourth-order valence-electron chi connectivity index (χ4n) is 1.50. The number of anilines is 1. The van der Waals surface area contributed by atoms with Crippen LogP contribution in [0.3, 0.4) is 0 Å². The first-order valence-electron chi connectivity index (χ1n) is 6.74. The molecule has 0 fully saturated rings. The van der Waals surface area contributed by atoms with Crippen LogP contribution in [0.1, 0.15) is 27.2 Å². The molecule has 0 unspecified atom stereocenters. The van der Waals surface area contributed by atoms with Gasteiger partial charge in [-0.2, -0.15) is 0 Å². The average Bonchev–Trinajstić information content (AvgIpc) is 2.44. The second-order valence-corrected chi connectivity index (χ2v) is 5.67. The van der Waals surface area contributed by atoms with Crippen LogP contribution in [-0.2, 0) is 9.53 Å². The van der Waals surface area contributed by atoms with Crippen LogP contribution >= 0.6 is 15.9 Å². The zero-order valence-corrected chi connectivity index (χ0v) is 13.8. The van der Waals surface area contributed by atoms with Crippen molar-refractivity contribution in [1.29, 1.82) is 0 Å². The summed E-state index contributed by atoms with van der Waals surface area (Å²) in [5.74, 6) is 0.629. The molecule has 0 saturated carbocycles. The molecule has 1 N–H and O–H groups in total. The molecule has 0 aromatic heterocycles. The van der Waals surface area contributed by atoms with Crippen LogP contribution < -0.4 is 10.1 Å². The molecule has 0 bridgehead atoms. The van der Waals surface area contributed by atoms with Crippen LogP contribution in [0.2, 0.25) is 0 Å². The number of ether oxygens (including phenoxy) is 2. The van der Waals surface area contributed by atoms with Crippen LogP contribution in [-0.4, -0.2) is 30.1 Å². The van der Waals surface area contributed by atoms with Gasteiger partial charge in [0.25, 0.3) is 5.91 Å². The molecule has 112 valence electrons. The maximum absolute atomic E-state index is 12.1. The number of carbonyl (C=O) groups is 1. The normalized spacial score (nSPS) is 11.2. The summed E-state index contributed by atoms with van der Waals surface area (Å²) in [6.07, 6.45) is 0.885. The van der Waals surface area contributed by atoms with E-state index in [0.717, 1.165) is 23.2 Å². The molecule has 0 radical (unpaired) electrons. The molecule has 1 amide bonds. The highest BCUT2D eigenvalue weighted by molar-refractivity contribution is 9.09. The third-order valence-electron chi connectivity index (χ3n) is 2.67. The van der Waals surface area contributed by atoms with Crippen LogP contribution in [0.5, 0.6) is 5.75 Å². The van der Waals surface area contributed by atoms with E-state index in [0.29, 0.717) is 13.2 Å². The van der Waals surface area contributed by atoms with Gasteiger partial charge in [0.2, 0.25) is 0 Å². The second-order valence-electron chi connectivity index (χ2n) is 4.87. The number of amides is 1. The quantitative estimate of drug-likeness (QED) is 0.733. The minimum absolute atomic E-state index is 0.153. The molecule has 4 nitrogen and oxygen atoms in total. The van der Waals surface area contributed by atoms with Crippen LogP contribution in [0.4, 0.5) is 5.69 Å². The van der Waals surface area contributed by atoms with Gasteiger partial charge >= 0.3 is 0 Å².